The number of amides is 4. The molecule has 172 valence electrons. The zero-order valence-electron chi connectivity index (χ0n) is 18.1. The first-order chi connectivity index (χ1) is 15.8. The summed E-state index contributed by atoms with van der Waals surface area (Å²) in [7, 11) is 0. The van der Waals surface area contributed by atoms with Gasteiger partial charge in [0.15, 0.2) is 18.1 Å². The third-order valence-electron chi connectivity index (χ3n) is 4.53. The van der Waals surface area contributed by atoms with Crippen LogP contribution in [0.4, 0.5) is 10.5 Å². The largest absolute Gasteiger partial charge is 0.490 e. The smallest absolute Gasteiger partial charge is 0.341 e. The van der Waals surface area contributed by atoms with E-state index in [1.165, 1.54) is 12.1 Å². The average molecular weight is 453 g/mol. The van der Waals surface area contributed by atoms with E-state index in [9.17, 15) is 19.2 Å². The number of hydrogen-bond donors (Lipinski definition) is 3. The highest BCUT2D eigenvalue weighted by Crippen LogP contribution is 2.29. The van der Waals surface area contributed by atoms with Gasteiger partial charge in [0.1, 0.15) is 12.2 Å². The Labute approximate surface area is 189 Å². The van der Waals surface area contributed by atoms with Gasteiger partial charge in [-0.05, 0) is 49.8 Å². The number of hydrogen-bond acceptors (Lipinski definition) is 6. The van der Waals surface area contributed by atoms with Crippen molar-refractivity contribution in [1.82, 2.24) is 10.2 Å². The van der Waals surface area contributed by atoms with Gasteiger partial charge in [0.25, 0.3) is 5.91 Å². The fourth-order valence-corrected chi connectivity index (χ4v) is 3.00. The van der Waals surface area contributed by atoms with Crippen molar-refractivity contribution >= 4 is 35.6 Å². The van der Waals surface area contributed by atoms with Gasteiger partial charge in [-0.2, -0.15) is 0 Å². The molecule has 0 atom stereocenters. The number of carbonyl (C=O) groups is 4. The lowest BCUT2D eigenvalue weighted by Gasteiger charge is -2.12. The maximum atomic E-state index is 12.7. The molecule has 4 amide bonds. The molecule has 1 aliphatic rings. The quantitative estimate of drug-likeness (QED) is 0.392. The first-order valence-electron chi connectivity index (χ1n) is 10.1. The van der Waals surface area contributed by atoms with Crippen molar-refractivity contribution in [2.24, 2.45) is 0 Å². The van der Waals surface area contributed by atoms with Crippen LogP contribution in [0.5, 0.6) is 11.5 Å². The molecule has 1 heterocycles. The molecule has 33 heavy (non-hydrogen) atoms. The van der Waals surface area contributed by atoms with Gasteiger partial charge in [-0.1, -0.05) is 23.8 Å². The monoisotopic (exact) mass is 453 g/mol. The Hall–Kier alpha value is -4.34. The van der Waals surface area contributed by atoms with Crippen LogP contribution in [0.3, 0.4) is 0 Å². The van der Waals surface area contributed by atoms with Crippen LogP contribution in [-0.2, 0) is 14.4 Å². The van der Waals surface area contributed by atoms with Crippen LogP contribution in [0, 0.1) is 6.92 Å². The third-order valence-corrected chi connectivity index (χ3v) is 4.53. The number of nitrogens with one attached hydrogen (secondary N) is 2. The maximum absolute atomic E-state index is 12.7. The molecule has 0 aliphatic carbocycles. The van der Waals surface area contributed by atoms with E-state index in [4.69, 9.17) is 14.6 Å². The highest BCUT2D eigenvalue weighted by atomic mass is 16.5. The van der Waals surface area contributed by atoms with E-state index in [0.29, 0.717) is 23.6 Å². The Morgan fingerprint density at radius 3 is 2.48 bits per heavy atom. The topological polar surface area (TPSA) is 134 Å². The van der Waals surface area contributed by atoms with Gasteiger partial charge in [-0.3, -0.25) is 9.59 Å². The number of carboxylic acids is 1. The predicted octanol–water partition coefficient (Wildman–Crippen LogP) is 2.39. The van der Waals surface area contributed by atoms with Crippen LogP contribution < -0.4 is 20.1 Å². The molecule has 2 aromatic rings. The molecule has 1 aliphatic heterocycles. The van der Waals surface area contributed by atoms with Gasteiger partial charge >= 0.3 is 12.0 Å². The second kappa shape index (κ2) is 10.3. The number of aliphatic carboxylic acids is 1. The van der Waals surface area contributed by atoms with Crippen LogP contribution in [-0.4, -0.2) is 53.6 Å². The van der Waals surface area contributed by atoms with E-state index in [1.807, 2.05) is 19.1 Å². The average Bonchev–Trinajstić information content (AvgIpc) is 3.02. The minimum atomic E-state index is -1.13. The van der Waals surface area contributed by atoms with Crippen LogP contribution in [0.25, 0.3) is 6.08 Å². The highest BCUT2D eigenvalue weighted by Gasteiger charge is 2.35. The summed E-state index contributed by atoms with van der Waals surface area (Å²) < 4.78 is 10.7. The SMILES string of the molecule is CCOc1cc(/C=C2/NC(=O)N(CC(=O)Nc3ccc(C)cc3)C2=O)ccc1OCC(=O)O. The molecule has 0 bridgehead atoms. The van der Waals surface area contributed by atoms with E-state index >= 15 is 0 Å². The number of benzene rings is 2. The van der Waals surface area contributed by atoms with Crippen molar-refractivity contribution < 1.29 is 33.8 Å². The Morgan fingerprint density at radius 2 is 1.82 bits per heavy atom. The van der Waals surface area contributed by atoms with Gasteiger partial charge in [0.2, 0.25) is 5.91 Å². The van der Waals surface area contributed by atoms with E-state index in [2.05, 4.69) is 10.6 Å². The second-order valence-electron chi connectivity index (χ2n) is 7.12. The lowest BCUT2D eigenvalue weighted by Crippen LogP contribution is -2.38. The van der Waals surface area contributed by atoms with E-state index in [1.54, 1.807) is 31.2 Å². The van der Waals surface area contributed by atoms with Gasteiger partial charge < -0.3 is 25.2 Å². The summed E-state index contributed by atoms with van der Waals surface area (Å²) >= 11 is 0. The second-order valence-corrected chi connectivity index (χ2v) is 7.12. The number of carboxylic acid groups (broad SMARTS) is 1. The molecule has 10 heteroatoms. The fraction of sp³-hybridized carbons (Fsp3) is 0.217. The van der Waals surface area contributed by atoms with Crippen molar-refractivity contribution in [2.45, 2.75) is 13.8 Å². The summed E-state index contributed by atoms with van der Waals surface area (Å²) in [4.78, 5) is 48.8. The molecular formula is C23H23N3O7. The first kappa shape index (κ1) is 23.3. The van der Waals surface area contributed by atoms with Crippen LogP contribution in [0.15, 0.2) is 48.2 Å². The summed E-state index contributed by atoms with van der Waals surface area (Å²) in [6.07, 6.45) is 1.43. The molecule has 0 spiro atoms. The molecule has 3 N–H and O–H groups in total. The van der Waals surface area contributed by atoms with E-state index in [-0.39, 0.29) is 11.4 Å². The standard InChI is InChI=1S/C23H23N3O7/c1-3-32-19-11-15(6-9-18(19)33-13-21(28)29)10-17-22(30)26(23(31)25-17)12-20(27)24-16-7-4-14(2)5-8-16/h4-11H,3,12-13H2,1-2H3,(H,24,27)(H,25,31)(H,28,29)/b17-10+. The molecule has 0 unspecified atom stereocenters. The number of aryl methyl sites for hydroxylation is 1. The minimum Gasteiger partial charge on any atom is -0.490 e. The van der Waals surface area contributed by atoms with Crippen LogP contribution >= 0.6 is 0 Å². The highest BCUT2D eigenvalue weighted by molar-refractivity contribution is 6.15. The number of imide groups is 1. The number of rotatable bonds is 9. The normalized spacial score (nSPS) is 14.2. The van der Waals surface area contributed by atoms with Crippen molar-refractivity contribution in [1.29, 1.82) is 0 Å². The summed E-state index contributed by atoms with van der Waals surface area (Å²) in [6, 6.07) is 11.1. The Bertz CT molecular complexity index is 1110. The van der Waals surface area contributed by atoms with Gasteiger partial charge in [0, 0.05) is 5.69 Å². The predicted molar refractivity (Wildman–Crippen MR) is 119 cm³/mol. The number of nitrogens with zero attached hydrogens (tertiary/aromatic N) is 1. The molecule has 0 aromatic heterocycles. The van der Waals surface area contributed by atoms with Gasteiger partial charge in [-0.25, -0.2) is 14.5 Å². The van der Waals surface area contributed by atoms with E-state index < -0.39 is 37.0 Å². The molecule has 0 saturated carbocycles. The zero-order chi connectivity index (χ0) is 24.0. The Kier molecular flexibility index (Phi) is 7.29. The van der Waals surface area contributed by atoms with Gasteiger partial charge in [0.05, 0.1) is 6.61 Å². The molecule has 10 nitrogen and oxygen atoms in total. The van der Waals surface area contributed by atoms with Crippen LogP contribution in [0.1, 0.15) is 18.1 Å². The maximum Gasteiger partial charge on any atom is 0.341 e. The lowest BCUT2D eigenvalue weighted by atomic mass is 10.1. The first-order valence-corrected chi connectivity index (χ1v) is 10.1. The van der Waals surface area contributed by atoms with Crippen molar-refractivity contribution in [3.05, 3.63) is 59.3 Å². The summed E-state index contributed by atoms with van der Waals surface area (Å²) in [5, 5.41) is 13.9. The zero-order valence-corrected chi connectivity index (χ0v) is 18.1. The Balaban J connectivity index is 1.71. The van der Waals surface area contributed by atoms with Crippen molar-refractivity contribution in [2.75, 3.05) is 25.1 Å². The minimum absolute atomic E-state index is 0.00945. The summed E-state index contributed by atoms with van der Waals surface area (Å²) in [6.45, 7) is 3.01. The summed E-state index contributed by atoms with van der Waals surface area (Å²) in [5.74, 6) is -1.77. The molecule has 1 fully saturated rings. The van der Waals surface area contributed by atoms with Crippen molar-refractivity contribution in [3.8, 4) is 11.5 Å². The van der Waals surface area contributed by atoms with Crippen LogP contribution in [0.2, 0.25) is 0 Å². The number of ether oxygens (including phenoxy) is 2. The summed E-state index contributed by atoms with van der Waals surface area (Å²) in [5.41, 5.74) is 2.09. The number of carbonyl (C=O) groups excluding carboxylic acids is 3. The number of urea groups is 1. The van der Waals surface area contributed by atoms with Crippen molar-refractivity contribution in [3.63, 3.8) is 0 Å². The lowest BCUT2D eigenvalue weighted by molar-refractivity contribution is -0.139. The third kappa shape index (κ3) is 6.10. The molecule has 1 saturated heterocycles. The number of anilines is 1. The molecule has 0 radical (unpaired) electrons. The Morgan fingerprint density at radius 1 is 1.09 bits per heavy atom. The van der Waals surface area contributed by atoms with E-state index in [0.717, 1.165) is 10.5 Å². The fourth-order valence-electron chi connectivity index (χ4n) is 3.00. The molecular weight excluding hydrogens is 430 g/mol. The molecule has 3 rings (SSSR count). The van der Waals surface area contributed by atoms with Gasteiger partial charge in [-0.15, -0.1) is 0 Å². The molecule has 2 aromatic carbocycles.